The van der Waals surface area contributed by atoms with Crippen LogP contribution in [-0.4, -0.2) is 22.7 Å². The first-order valence-electron chi connectivity index (χ1n) is 4.06. The highest BCUT2D eigenvalue weighted by Crippen LogP contribution is 2.27. The topological polar surface area (TPSA) is 50.1 Å². The van der Waals surface area contributed by atoms with Crippen LogP contribution in [0.1, 0.15) is 19.3 Å². The molecule has 0 bridgehead atoms. The minimum absolute atomic E-state index is 0.519. The van der Waals surface area contributed by atoms with Crippen LogP contribution in [0.3, 0.4) is 0 Å². The SMILES string of the molecule is CSC1CCC(NC(=S)NN)C1. The predicted molar refractivity (Wildman–Crippen MR) is 58.0 cm³/mol. The Morgan fingerprint density at radius 3 is 2.83 bits per heavy atom. The minimum atomic E-state index is 0.519. The molecule has 2 atom stereocenters. The fourth-order valence-corrected chi connectivity index (χ4v) is 2.48. The standard InChI is InChI=1S/C7H15N3S2/c1-12-6-3-2-5(4-6)9-7(11)10-8/h5-6H,2-4,8H2,1H3,(H2,9,10,11). The van der Waals surface area contributed by atoms with Crippen molar-refractivity contribution in [2.45, 2.75) is 30.6 Å². The third kappa shape index (κ3) is 2.80. The zero-order chi connectivity index (χ0) is 8.97. The normalized spacial score (nSPS) is 28.5. The van der Waals surface area contributed by atoms with E-state index in [9.17, 15) is 0 Å². The fourth-order valence-electron chi connectivity index (χ4n) is 1.51. The second-order valence-electron chi connectivity index (χ2n) is 2.99. The Kier molecular flexibility index (Phi) is 4.11. The molecule has 0 heterocycles. The van der Waals surface area contributed by atoms with Gasteiger partial charge in [0.1, 0.15) is 0 Å². The number of hydrogen-bond donors (Lipinski definition) is 3. The van der Waals surface area contributed by atoms with Crippen LogP contribution in [-0.2, 0) is 0 Å². The third-order valence-corrected chi connectivity index (χ3v) is 3.51. The molecule has 0 aromatic heterocycles. The Labute approximate surface area is 82.8 Å². The minimum Gasteiger partial charge on any atom is -0.359 e. The van der Waals surface area contributed by atoms with E-state index in [1.807, 2.05) is 11.8 Å². The molecule has 70 valence electrons. The van der Waals surface area contributed by atoms with Crippen LogP contribution in [0.25, 0.3) is 0 Å². The van der Waals surface area contributed by atoms with Gasteiger partial charge < -0.3 is 10.7 Å². The second-order valence-corrected chi connectivity index (χ2v) is 4.53. The number of thiocarbonyl (C=S) groups is 1. The van der Waals surface area contributed by atoms with Gasteiger partial charge >= 0.3 is 0 Å². The highest BCUT2D eigenvalue weighted by atomic mass is 32.2. The van der Waals surface area contributed by atoms with Crippen molar-refractivity contribution < 1.29 is 0 Å². The lowest BCUT2D eigenvalue weighted by Crippen LogP contribution is -2.44. The number of rotatable bonds is 2. The zero-order valence-electron chi connectivity index (χ0n) is 7.17. The number of nitrogens with one attached hydrogen (secondary N) is 2. The van der Waals surface area contributed by atoms with Gasteiger partial charge in [0.05, 0.1) is 0 Å². The molecule has 0 aromatic carbocycles. The van der Waals surface area contributed by atoms with Gasteiger partial charge in [0.15, 0.2) is 5.11 Å². The Morgan fingerprint density at radius 1 is 1.58 bits per heavy atom. The smallest absolute Gasteiger partial charge is 0.180 e. The van der Waals surface area contributed by atoms with Crippen LogP contribution in [0.2, 0.25) is 0 Å². The molecule has 1 fully saturated rings. The molecule has 0 aliphatic heterocycles. The van der Waals surface area contributed by atoms with Gasteiger partial charge in [-0.15, -0.1) is 0 Å². The van der Waals surface area contributed by atoms with Crippen LogP contribution in [0.5, 0.6) is 0 Å². The van der Waals surface area contributed by atoms with Gasteiger partial charge in [-0.2, -0.15) is 11.8 Å². The molecule has 0 aromatic rings. The average Bonchev–Trinajstić information content (AvgIpc) is 2.52. The maximum absolute atomic E-state index is 5.16. The van der Waals surface area contributed by atoms with Gasteiger partial charge in [-0.3, -0.25) is 0 Å². The molecule has 1 rings (SSSR count). The van der Waals surface area contributed by atoms with Crippen molar-refractivity contribution in [1.82, 2.24) is 10.7 Å². The predicted octanol–water partition coefficient (Wildman–Crippen LogP) is 0.608. The van der Waals surface area contributed by atoms with E-state index in [0.29, 0.717) is 11.2 Å². The molecule has 4 N–H and O–H groups in total. The summed E-state index contributed by atoms with van der Waals surface area (Å²) in [6.45, 7) is 0. The second kappa shape index (κ2) is 4.89. The van der Waals surface area contributed by atoms with E-state index < -0.39 is 0 Å². The Morgan fingerprint density at radius 2 is 2.33 bits per heavy atom. The molecule has 0 saturated heterocycles. The Hall–Kier alpha value is -0.0000000000000000486. The maximum Gasteiger partial charge on any atom is 0.180 e. The molecule has 1 aliphatic carbocycles. The van der Waals surface area contributed by atoms with Crippen molar-refractivity contribution in [2.75, 3.05) is 6.26 Å². The quantitative estimate of drug-likeness (QED) is 0.350. The largest absolute Gasteiger partial charge is 0.359 e. The molecule has 0 spiro atoms. The zero-order valence-corrected chi connectivity index (χ0v) is 8.80. The van der Waals surface area contributed by atoms with Crippen LogP contribution >= 0.6 is 24.0 Å². The van der Waals surface area contributed by atoms with Crippen LogP contribution in [0, 0.1) is 0 Å². The summed E-state index contributed by atoms with van der Waals surface area (Å²) in [5.41, 5.74) is 2.44. The molecule has 12 heavy (non-hydrogen) atoms. The fraction of sp³-hybridized carbons (Fsp3) is 0.857. The summed E-state index contributed by atoms with van der Waals surface area (Å²) in [5.74, 6) is 5.16. The van der Waals surface area contributed by atoms with Crippen molar-refractivity contribution in [3.63, 3.8) is 0 Å². The first-order valence-corrected chi connectivity index (χ1v) is 5.75. The van der Waals surface area contributed by atoms with E-state index in [1.54, 1.807) is 0 Å². The van der Waals surface area contributed by atoms with Crippen molar-refractivity contribution in [2.24, 2.45) is 5.84 Å². The molecule has 2 unspecified atom stereocenters. The van der Waals surface area contributed by atoms with E-state index in [2.05, 4.69) is 17.0 Å². The van der Waals surface area contributed by atoms with Gasteiger partial charge in [0.2, 0.25) is 0 Å². The Bertz CT molecular complexity index is 163. The first-order chi connectivity index (χ1) is 5.76. The van der Waals surface area contributed by atoms with E-state index >= 15 is 0 Å². The number of hydrogen-bond acceptors (Lipinski definition) is 3. The van der Waals surface area contributed by atoms with E-state index in [-0.39, 0.29) is 0 Å². The van der Waals surface area contributed by atoms with Gasteiger partial charge in [0, 0.05) is 11.3 Å². The monoisotopic (exact) mass is 205 g/mol. The molecule has 0 radical (unpaired) electrons. The van der Waals surface area contributed by atoms with Crippen LogP contribution in [0.4, 0.5) is 0 Å². The maximum atomic E-state index is 5.16. The number of thioether (sulfide) groups is 1. The molecular formula is C7H15N3S2. The summed E-state index contributed by atoms with van der Waals surface area (Å²) in [6.07, 6.45) is 5.84. The lowest BCUT2D eigenvalue weighted by atomic mass is 10.3. The lowest BCUT2D eigenvalue weighted by molar-refractivity contribution is 0.625. The average molecular weight is 205 g/mol. The van der Waals surface area contributed by atoms with E-state index in [0.717, 1.165) is 5.25 Å². The third-order valence-electron chi connectivity index (χ3n) is 2.18. The lowest BCUT2D eigenvalue weighted by Gasteiger charge is -2.13. The summed E-state index contributed by atoms with van der Waals surface area (Å²) in [5, 5.41) is 4.53. The Balaban J connectivity index is 2.23. The molecule has 0 amide bonds. The van der Waals surface area contributed by atoms with Crippen molar-refractivity contribution in [1.29, 1.82) is 0 Å². The first kappa shape index (κ1) is 10.1. The molecule has 3 nitrogen and oxygen atoms in total. The molecule has 5 heteroatoms. The molecule has 1 aliphatic rings. The van der Waals surface area contributed by atoms with Gasteiger partial charge in [-0.05, 0) is 37.7 Å². The summed E-state index contributed by atoms with van der Waals surface area (Å²) in [7, 11) is 0. The van der Waals surface area contributed by atoms with Crippen LogP contribution < -0.4 is 16.6 Å². The summed E-state index contributed by atoms with van der Waals surface area (Å²) in [4.78, 5) is 0. The summed E-state index contributed by atoms with van der Waals surface area (Å²) >= 11 is 6.85. The summed E-state index contributed by atoms with van der Waals surface area (Å²) in [6, 6.07) is 0.519. The van der Waals surface area contributed by atoms with Gasteiger partial charge in [-0.1, -0.05) is 0 Å². The number of hydrazine groups is 1. The van der Waals surface area contributed by atoms with Crippen molar-refractivity contribution in [3.05, 3.63) is 0 Å². The molecular weight excluding hydrogens is 190 g/mol. The van der Waals surface area contributed by atoms with Crippen molar-refractivity contribution >= 4 is 29.1 Å². The van der Waals surface area contributed by atoms with Gasteiger partial charge in [-0.25, -0.2) is 5.84 Å². The van der Waals surface area contributed by atoms with E-state index in [4.69, 9.17) is 18.1 Å². The highest BCUT2D eigenvalue weighted by Gasteiger charge is 2.23. The van der Waals surface area contributed by atoms with Gasteiger partial charge in [0.25, 0.3) is 0 Å². The van der Waals surface area contributed by atoms with Crippen LogP contribution in [0.15, 0.2) is 0 Å². The van der Waals surface area contributed by atoms with Crippen molar-refractivity contribution in [3.8, 4) is 0 Å². The number of nitrogens with two attached hydrogens (primary N) is 1. The molecule has 1 saturated carbocycles. The highest BCUT2D eigenvalue weighted by molar-refractivity contribution is 7.99. The summed E-state index contributed by atoms with van der Waals surface area (Å²) < 4.78 is 0. The van der Waals surface area contributed by atoms with E-state index in [1.165, 1.54) is 19.3 Å².